The predicted octanol–water partition coefficient (Wildman–Crippen LogP) is -1.49. The van der Waals surface area contributed by atoms with Gasteiger partial charge in [-0.25, -0.2) is 4.79 Å². The third-order valence-electron chi connectivity index (χ3n) is 6.31. The lowest BCUT2D eigenvalue weighted by Crippen LogP contribution is -2.57. The van der Waals surface area contributed by atoms with Gasteiger partial charge in [-0.1, -0.05) is 20.3 Å². The van der Waals surface area contributed by atoms with Crippen LogP contribution in [-0.4, -0.2) is 78.6 Å². The van der Waals surface area contributed by atoms with E-state index in [-0.39, 0.29) is 43.2 Å². The maximum Gasteiger partial charge on any atom is 0.326 e. The summed E-state index contributed by atoms with van der Waals surface area (Å²) in [4.78, 5) is 54.5. The molecule has 0 spiro atoms. The van der Waals surface area contributed by atoms with Crippen LogP contribution in [0.25, 0.3) is 0 Å². The van der Waals surface area contributed by atoms with Gasteiger partial charge in [-0.2, -0.15) is 0 Å². The number of carbonyl (C=O) groups excluding carboxylic acids is 3. The highest BCUT2D eigenvalue weighted by Crippen LogP contribution is 2.11. The molecule has 36 heavy (non-hydrogen) atoms. The van der Waals surface area contributed by atoms with Crippen LogP contribution in [0, 0.1) is 5.92 Å². The number of nitrogens with two attached hydrogens (primary N) is 3. The average Bonchev–Trinajstić information content (AvgIpc) is 3.38. The van der Waals surface area contributed by atoms with Crippen molar-refractivity contribution in [1.29, 1.82) is 0 Å². The number of rotatable bonds is 17. The van der Waals surface area contributed by atoms with Crippen LogP contribution in [0.3, 0.4) is 0 Å². The molecule has 0 bridgehead atoms. The van der Waals surface area contributed by atoms with Crippen LogP contribution in [-0.2, 0) is 19.2 Å². The van der Waals surface area contributed by atoms with E-state index in [1.165, 1.54) is 0 Å². The zero-order chi connectivity index (χ0) is 27.1. The van der Waals surface area contributed by atoms with Gasteiger partial charge in [-0.15, -0.1) is 0 Å². The average molecular weight is 513 g/mol. The minimum atomic E-state index is -1.14. The fourth-order valence-corrected chi connectivity index (χ4v) is 3.92. The number of nitrogens with zero attached hydrogens (tertiary/aromatic N) is 1. The van der Waals surface area contributed by atoms with Crippen LogP contribution in [0.2, 0.25) is 0 Å². The highest BCUT2D eigenvalue weighted by atomic mass is 16.4. The Kier molecular flexibility index (Phi) is 14.4. The summed E-state index contributed by atoms with van der Waals surface area (Å²) in [5.74, 6) is -2.92. The molecule has 0 aromatic heterocycles. The molecule has 13 heteroatoms. The van der Waals surface area contributed by atoms with Crippen LogP contribution in [0.1, 0.15) is 65.2 Å². The van der Waals surface area contributed by atoms with Gasteiger partial charge in [0, 0.05) is 6.54 Å². The van der Waals surface area contributed by atoms with Crippen molar-refractivity contribution in [2.75, 3.05) is 19.6 Å². The molecule has 0 aromatic rings. The van der Waals surface area contributed by atoms with Crippen LogP contribution in [0.4, 0.5) is 0 Å². The Labute approximate surface area is 212 Å². The number of carbonyl (C=O) groups is 4. The summed E-state index contributed by atoms with van der Waals surface area (Å²) < 4.78 is 0. The summed E-state index contributed by atoms with van der Waals surface area (Å²) in [6, 6.07) is -3.35. The Bertz CT molecular complexity index is 753. The van der Waals surface area contributed by atoms with E-state index in [4.69, 9.17) is 17.2 Å². The van der Waals surface area contributed by atoms with Gasteiger partial charge in [0.15, 0.2) is 5.96 Å². The van der Waals surface area contributed by atoms with Crippen molar-refractivity contribution in [3.63, 3.8) is 0 Å². The third-order valence-corrected chi connectivity index (χ3v) is 6.31. The summed E-state index contributed by atoms with van der Waals surface area (Å²) >= 11 is 0. The topological polar surface area (TPSA) is 227 Å². The van der Waals surface area contributed by atoms with E-state index in [9.17, 15) is 24.3 Å². The number of nitrogens with one attached hydrogen (secondary N) is 4. The molecular formula is C23H44N8O5. The molecule has 0 aromatic carbocycles. The molecule has 5 atom stereocenters. The Morgan fingerprint density at radius 2 is 1.67 bits per heavy atom. The van der Waals surface area contributed by atoms with Gasteiger partial charge >= 0.3 is 5.97 Å². The molecule has 0 saturated carbocycles. The molecule has 3 amide bonds. The number of aliphatic imine (C=N–C) groups is 1. The van der Waals surface area contributed by atoms with E-state index in [0.29, 0.717) is 38.6 Å². The molecule has 1 heterocycles. The molecule has 1 rings (SSSR count). The maximum atomic E-state index is 13.2. The second kappa shape index (κ2) is 16.7. The van der Waals surface area contributed by atoms with Crippen molar-refractivity contribution in [2.45, 2.75) is 89.4 Å². The lowest BCUT2D eigenvalue weighted by Gasteiger charge is -2.26. The minimum absolute atomic E-state index is 0.0684. The number of amides is 3. The summed E-state index contributed by atoms with van der Waals surface area (Å²) in [7, 11) is 0. The van der Waals surface area contributed by atoms with Crippen LogP contribution < -0.4 is 38.5 Å². The molecule has 1 fully saturated rings. The standard InChI is InChI=1S/C23H44N8O5/c1-3-14(2)18(22(35)36)31-21(34)16(8-4-5-11-24)30-20(33)17(10-7-13-28-23(25)26)29-19(32)15-9-6-12-27-15/h14-18,27H,3-13,24H2,1-2H3,(H,29,32)(H,30,33)(H,31,34)(H,35,36)(H4,25,26,28). The second-order valence-electron chi connectivity index (χ2n) is 9.21. The highest BCUT2D eigenvalue weighted by Gasteiger charge is 2.32. The zero-order valence-corrected chi connectivity index (χ0v) is 21.4. The smallest absolute Gasteiger partial charge is 0.326 e. The van der Waals surface area contributed by atoms with E-state index in [0.717, 1.165) is 13.0 Å². The van der Waals surface area contributed by atoms with Gasteiger partial charge in [0.05, 0.1) is 6.04 Å². The number of carboxylic acid groups (broad SMARTS) is 1. The molecule has 1 saturated heterocycles. The first-order valence-corrected chi connectivity index (χ1v) is 12.7. The molecule has 206 valence electrons. The van der Waals surface area contributed by atoms with Gasteiger partial charge in [-0.3, -0.25) is 19.4 Å². The first kappa shape index (κ1) is 31.1. The fraction of sp³-hybridized carbons (Fsp3) is 0.783. The number of carboxylic acids is 1. The van der Waals surface area contributed by atoms with Gasteiger partial charge in [0.1, 0.15) is 18.1 Å². The Balaban J connectivity index is 2.97. The van der Waals surface area contributed by atoms with E-state index < -0.39 is 35.9 Å². The largest absolute Gasteiger partial charge is 0.480 e. The molecular weight excluding hydrogens is 468 g/mol. The third kappa shape index (κ3) is 11.2. The van der Waals surface area contributed by atoms with E-state index in [2.05, 4.69) is 26.3 Å². The summed E-state index contributed by atoms with van der Waals surface area (Å²) in [6.07, 6.45) is 4.24. The molecule has 1 aliphatic heterocycles. The summed E-state index contributed by atoms with van der Waals surface area (Å²) in [5, 5.41) is 20.7. The molecule has 0 radical (unpaired) electrons. The van der Waals surface area contributed by atoms with E-state index in [1.54, 1.807) is 6.92 Å². The number of hydrogen-bond acceptors (Lipinski definition) is 7. The Hall–Kier alpha value is -2.93. The van der Waals surface area contributed by atoms with Crippen molar-refractivity contribution in [3.05, 3.63) is 0 Å². The van der Waals surface area contributed by atoms with Crippen LogP contribution in [0.15, 0.2) is 4.99 Å². The number of unbranched alkanes of at least 4 members (excludes halogenated alkanes) is 1. The molecule has 5 unspecified atom stereocenters. The minimum Gasteiger partial charge on any atom is -0.480 e. The van der Waals surface area contributed by atoms with Crippen LogP contribution in [0.5, 0.6) is 0 Å². The van der Waals surface area contributed by atoms with Gasteiger partial charge in [-0.05, 0) is 64.0 Å². The monoisotopic (exact) mass is 512 g/mol. The van der Waals surface area contributed by atoms with Crippen LogP contribution >= 0.6 is 0 Å². The number of hydrogen-bond donors (Lipinski definition) is 8. The van der Waals surface area contributed by atoms with Crippen molar-refractivity contribution in [3.8, 4) is 0 Å². The first-order chi connectivity index (χ1) is 17.1. The van der Waals surface area contributed by atoms with Crippen molar-refractivity contribution in [1.82, 2.24) is 21.3 Å². The summed E-state index contributed by atoms with van der Waals surface area (Å²) in [5.41, 5.74) is 16.3. The number of guanidine groups is 1. The van der Waals surface area contributed by atoms with E-state index >= 15 is 0 Å². The SMILES string of the molecule is CCC(C)C(NC(=O)C(CCCCN)NC(=O)C(CCCN=C(N)N)NC(=O)C1CCCN1)C(=O)O. The van der Waals surface area contributed by atoms with Crippen molar-refractivity contribution >= 4 is 29.7 Å². The number of aliphatic carboxylic acids is 1. The van der Waals surface area contributed by atoms with Crippen molar-refractivity contribution in [2.24, 2.45) is 28.1 Å². The normalized spacial score (nSPS) is 18.4. The molecule has 11 N–H and O–H groups in total. The predicted molar refractivity (Wildman–Crippen MR) is 137 cm³/mol. The summed E-state index contributed by atoms with van der Waals surface area (Å²) in [6.45, 7) is 5.00. The molecule has 13 nitrogen and oxygen atoms in total. The first-order valence-electron chi connectivity index (χ1n) is 12.7. The lowest BCUT2D eigenvalue weighted by atomic mass is 9.98. The Morgan fingerprint density at radius 3 is 2.22 bits per heavy atom. The van der Waals surface area contributed by atoms with Gasteiger partial charge < -0.3 is 43.6 Å². The molecule has 1 aliphatic rings. The van der Waals surface area contributed by atoms with Gasteiger partial charge in [0.25, 0.3) is 0 Å². The van der Waals surface area contributed by atoms with Gasteiger partial charge in [0.2, 0.25) is 17.7 Å². The highest BCUT2D eigenvalue weighted by molar-refractivity contribution is 5.94. The van der Waals surface area contributed by atoms with Crippen molar-refractivity contribution < 1.29 is 24.3 Å². The fourth-order valence-electron chi connectivity index (χ4n) is 3.92. The Morgan fingerprint density at radius 1 is 1.03 bits per heavy atom. The zero-order valence-electron chi connectivity index (χ0n) is 21.4. The van der Waals surface area contributed by atoms with E-state index in [1.807, 2.05) is 6.92 Å². The maximum absolute atomic E-state index is 13.2. The molecule has 0 aliphatic carbocycles. The quantitative estimate of drug-likeness (QED) is 0.0643. The lowest BCUT2D eigenvalue weighted by molar-refractivity contribution is -0.144. The second-order valence-corrected chi connectivity index (χ2v) is 9.21.